The van der Waals surface area contributed by atoms with Crippen molar-refractivity contribution in [1.82, 2.24) is 19.1 Å². The van der Waals surface area contributed by atoms with Gasteiger partial charge in [-0.2, -0.15) is 4.98 Å². The molecule has 0 aromatic carbocycles. The van der Waals surface area contributed by atoms with Gasteiger partial charge in [-0.05, 0) is 19.8 Å². The molecule has 7 heteroatoms. The fourth-order valence-electron chi connectivity index (χ4n) is 2.33. The Kier molecular flexibility index (Phi) is 4.95. The Labute approximate surface area is 123 Å². The van der Waals surface area contributed by atoms with Crippen molar-refractivity contribution in [3.63, 3.8) is 0 Å². The van der Waals surface area contributed by atoms with Crippen LogP contribution in [0.25, 0.3) is 11.2 Å². The number of fused-ring (bicyclic) bond motifs is 1. The Bertz CT molecular complexity index is 661. The second-order valence-electron chi connectivity index (χ2n) is 5.23. The highest BCUT2D eigenvalue weighted by molar-refractivity contribution is 5.83. The lowest BCUT2D eigenvalue weighted by Gasteiger charge is -2.15. The summed E-state index contributed by atoms with van der Waals surface area (Å²) in [6.45, 7) is 7.33. The molecule has 0 radical (unpaired) electrons. The Morgan fingerprint density at radius 1 is 1.33 bits per heavy atom. The Hall–Kier alpha value is -1.89. The fraction of sp³-hybridized carbons (Fsp3) is 0.643. The van der Waals surface area contributed by atoms with Gasteiger partial charge >= 0.3 is 5.69 Å². The Balaban J connectivity index is 2.63. The van der Waals surface area contributed by atoms with E-state index in [9.17, 15) is 9.90 Å². The summed E-state index contributed by atoms with van der Waals surface area (Å²) in [5, 5.41) is 12.3. The lowest BCUT2D eigenvalue weighted by Crippen LogP contribution is -2.28. The number of aryl methyl sites for hydroxylation is 2. The topological polar surface area (TPSA) is 85.0 Å². The number of nitrogens with one attached hydrogen (secondary N) is 1. The minimum atomic E-state index is -0.307. The van der Waals surface area contributed by atoms with Crippen LogP contribution in [-0.2, 0) is 13.1 Å². The van der Waals surface area contributed by atoms with Crippen LogP contribution < -0.4 is 11.0 Å². The van der Waals surface area contributed by atoms with Crippen LogP contribution in [0.4, 0.5) is 5.82 Å². The van der Waals surface area contributed by atoms with Crippen LogP contribution in [0.2, 0.25) is 0 Å². The smallest absolute Gasteiger partial charge is 0.351 e. The van der Waals surface area contributed by atoms with Crippen molar-refractivity contribution in [2.45, 2.75) is 52.7 Å². The molecular weight excluding hydrogens is 270 g/mol. The normalized spacial score (nSPS) is 12.8. The van der Waals surface area contributed by atoms with Crippen molar-refractivity contribution in [2.75, 3.05) is 11.9 Å². The van der Waals surface area contributed by atoms with E-state index in [4.69, 9.17) is 0 Å². The number of aliphatic hydroxyl groups excluding tert-OH is 1. The zero-order chi connectivity index (χ0) is 15.4. The molecule has 116 valence electrons. The lowest BCUT2D eigenvalue weighted by atomic mass is 10.3. The van der Waals surface area contributed by atoms with E-state index in [1.165, 1.54) is 0 Å². The monoisotopic (exact) mass is 293 g/mol. The first kappa shape index (κ1) is 15.5. The third-order valence-electron chi connectivity index (χ3n) is 3.31. The van der Waals surface area contributed by atoms with Crippen LogP contribution in [-0.4, -0.2) is 36.9 Å². The summed E-state index contributed by atoms with van der Waals surface area (Å²) >= 11 is 0. The first-order valence-corrected chi connectivity index (χ1v) is 7.45. The second kappa shape index (κ2) is 6.71. The van der Waals surface area contributed by atoms with Gasteiger partial charge in [0.15, 0.2) is 11.5 Å². The molecule has 1 unspecified atom stereocenters. The van der Waals surface area contributed by atoms with Crippen molar-refractivity contribution < 1.29 is 5.11 Å². The zero-order valence-electron chi connectivity index (χ0n) is 12.8. The van der Waals surface area contributed by atoms with Gasteiger partial charge in [0, 0.05) is 19.1 Å². The van der Waals surface area contributed by atoms with Gasteiger partial charge in [-0.3, -0.25) is 4.57 Å². The molecule has 0 saturated carbocycles. The quantitative estimate of drug-likeness (QED) is 0.801. The maximum absolute atomic E-state index is 12.2. The van der Waals surface area contributed by atoms with Crippen molar-refractivity contribution in [1.29, 1.82) is 0 Å². The standard InChI is InChI=1S/C14H23N5O2/c1-4-6-18-9-15-13-11(18)12(16-10(3)8-20)17-14(21)19(13)7-5-2/h9-10,20H,4-8H2,1-3H3,(H,16,17,21). The largest absolute Gasteiger partial charge is 0.394 e. The van der Waals surface area contributed by atoms with Gasteiger partial charge in [0.2, 0.25) is 0 Å². The number of hydrogen-bond acceptors (Lipinski definition) is 5. The van der Waals surface area contributed by atoms with E-state index in [2.05, 4.69) is 22.2 Å². The maximum Gasteiger partial charge on any atom is 0.351 e. The summed E-state index contributed by atoms with van der Waals surface area (Å²) < 4.78 is 3.61. The molecule has 0 aliphatic heterocycles. The Morgan fingerprint density at radius 2 is 2.05 bits per heavy atom. The third kappa shape index (κ3) is 3.07. The minimum Gasteiger partial charge on any atom is -0.394 e. The molecule has 0 aliphatic carbocycles. The number of rotatable bonds is 7. The number of nitrogens with zero attached hydrogens (tertiary/aromatic N) is 4. The minimum absolute atomic E-state index is 0.0247. The lowest BCUT2D eigenvalue weighted by molar-refractivity contribution is 0.281. The third-order valence-corrected chi connectivity index (χ3v) is 3.31. The Morgan fingerprint density at radius 3 is 2.67 bits per heavy atom. The molecule has 0 saturated heterocycles. The van der Waals surface area contributed by atoms with E-state index in [-0.39, 0.29) is 18.3 Å². The van der Waals surface area contributed by atoms with Crippen molar-refractivity contribution >= 4 is 17.0 Å². The van der Waals surface area contributed by atoms with Crippen LogP contribution >= 0.6 is 0 Å². The number of anilines is 1. The van der Waals surface area contributed by atoms with Crippen LogP contribution in [0.5, 0.6) is 0 Å². The summed E-state index contributed by atoms with van der Waals surface area (Å²) in [7, 11) is 0. The summed E-state index contributed by atoms with van der Waals surface area (Å²) in [4.78, 5) is 20.7. The van der Waals surface area contributed by atoms with Crippen LogP contribution in [0.3, 0.4) is 0 Å². The van der Waals surface area contributed by atoms with Crippen LogP contribution in [0.15, 0.2) is 11.1 Å². The van der Waals surface area contributed by atoms with Crippen molar-refractivity contribution in [3.8, 4) is 0 Å². The van der Waals surface area contributed by atoms with Gasteiger partial charge in [-0.1, -0.05) is 13.8 Å². The molecule has 0 fully saturated rings. The summed E-state index contributed by atoms with van der Waals surface area (Å²) in [6.07, 6.45) is 3.56. The highest BCUT2D eigenvalue weighted by Gasteiger charge is 2.16. The van der Waals surface area contributed by atoms with E-state index in [1.807, 2.05) is 18.4 Å². The van der Waals surface area contributed by atoms with Gasteiger partial charge in [0.1, 0.15) is 5.52 Å². The molecule has 1 atom stereocenters. The molecule has 2 aromatic heterocycles. The average molecular weight is 293 g/mol. The molecule has 0 spiro atoms. The molecule has 7 nitrogen and oxygen atoms in total. The molecule has 21 heavy (non-hydrogen) atoms. The van der Waals surface area contributed by atoms with Crippen molar-refractivity contribution in [2.24, 2.45) is 0 Å². The maximum atomic E-state index is 12.2. The number of hydrogen-bond donors (Lipinski definition) is 2. The van der Waals surface area contributed by atoms with E-state index < -0.39 is 0 Å². The van der Waals surface area contributed by atoms with Gasteiger partial charge in [0.25, 0.3) is 0 Å². The highest BCUT2D eigenvalue weighted by atomic mass is 16.3. The molecule has 0 bridgehead atoms. The molecule has 2 N–H and O–H groups in total. The summed E-state index contributed by atoms with van der Waals surface area (Å²) in [5.41, 5.74) is 1.17. The second-order valence-corrected chi connectivity index (χ2v) is 5.23. The van der Waals surface area contributed by atoms with Gasteiger partial charge in [-0.25, -0.2) is 9.78 Å². The molecule has 0 amide bonds. The van der Waals surface area contributed by atoms with E-state index in [0.29, 0.717) is 18.0 Å². The zero-order valence-corrected chi connectivity index (χ0v) is 12.8. The predicted molar refractivity (Wildman–Crippen MR) is 82.5 cm³/mol. The van der Waals surface area contributed by atoms with E-state index in [0.717, 1.165) is 24.9 Å². The van der Waals surface area contributed by atoms with E-state index in [1.54, 1.807) is 10.9 Å². The SMILES string of the molecule is CCCn1cnc2c1c(NC(C)CO)nc(=O)n2CCC. The fourth-order valence-corrected chi connectivity index (χ4v) is 2.33. The average Bonchev–Trinajstić information content (AvgIpc) is 2.87. The van der Waals surface area contributed by atoms with Crippen molar-refractivity contribution in [3.05, 3.63) is 16.8 Å². The predicted octanol–water partition coefficient (Wildman–Crippen LogP) is 1.21. The van der Waals surface area contributed by atoms with E-state index >= 15 is 0 Å². The first-order valence-electron chi connectivity index (χ1n) is 7.45. The molecular formula is C14H23N5O2. The molecule has 2 heterocycles. The molecule has 2 rings (SSSR count). The number of imidazole rings is 1. The van der Waals surface area contributed by atoms with Gasteiger partial charge in [0.05, 0.1) is 12.9 Å². The summed E-state index contributed by atoms with van der Waals surface area (Å²) in [6, 6.07) is -0.174. The van der Waals surface area contributed by atoms with Gasteiger partial charge in [-0.15, -0.1) is 0 Å². The highest BCUT2D eigenvalue weighted by Crippen LogP contribution is 2.20. The number of aliphatic hydroxyl groups is 1. The number of aromatic nitrogens is 4. The van der Waals surface area contributed by atoms with Gasteiger partial charge < -0.3 is 15.0 Å². The molecule has 0 aliphatic rings. The summed E-state index contributed by atoms with van der Waals surface area (Å²) in [5.74, 6) is 0.495. The van der Waals surface area contributed by atoms with Crippen LogP contribution in [0, 0.1) is 0 Å². The van der Waals surface area contributed by atoms with Crippen LogP contribution in [0.1, 0.15) is 33.6 Å². The molecule has 2 aromatic rings. The first-order chi connectivity index (χ1) is 10.1.